The first-order valence-electron chi connectivity index (χ1n) is 11.3. The van der Waals surface area contributed by atoms with Gasteiger partial charge < -0.3 is 9.84 Å². The van der Waals surface area contributed by atoms with E-state index in [-0.39, 0.29) is 29.1 Å². The summed E-state index contributed by atoms with van der Waals surface area (Å²) in [5.74, 6) is 1.31. The molecule has 0 aromatic carbocycles. The zero-order valence-corrected chi connectivity index (χ0v) is 19.4. The predicted molar refractivity (Wildman–Crippen MR) is 119 cm³/mol. The molecule has 1 N–H and O–H groups in total. The van der Waals surface area contributed by atoms with Crippen LogP contribution in [0, 0.1) is 35.0 Å². The molecule has 1 fully saturated rings. The SMILES string of the molecule is COC(C=C[C@H](C)[C@H]1CC[C@]2(C)C[C@@H]3C(C)=CC(=O)[C@H]3/C(C=O)=C\C[C@@H]12)C(C)(C)O. The first-order valence-corrected chi connectivity index (χ1v) is 11.3. The summed E-state index contributed by atoms with van der Waals surface area (Å²) < 4.78 is 5.47. The van der Waals surface area contributed by atoms with Gasteiger partial charge in [-0.1, -0.05) is 37.6 Å². The van der Waals surface area contributed by atoms with Gasteiger partial charge in [0.1, 0.15) is 12.4 Å². The summed E-state index contributed by atoms with van der Waals surface area (Å²) in [6.07, 6.45) is 12.7. The summed E-state index contributed by atoms with van der Waals surface area (Å²) in [6.45, 7) is 10.2. The highest BCUT2D eigenvalue weighted by molar-refractivity contribution is 6.01. The number of hydrogen-bond donors (Lipinski definition) is 1. The number of carbonyl (C=O) groups is 2. The molecule has 0 radical (unpaired) electrons. The van der Waals surface area contributed by atoms with Crippen molar-refractivity contribution in [3.8, 4) is 0 Å². The second kappa shape index (κ2) is 8.55. The Hall–Kier alpha value is -1.52. The van der Waals surface area contributed by atoms with E-state index in [1.54, 1.807) is 27.0 Å². The van der Waals surface area contributed by atoms with Crippen LogP contribution in [0.25, 0.3) is 0 Å². The van der Waals surface area contributed by atoms with E-state index in [2.05, 4.69) is 26.0 Å². The van der Waals surface area contributed by atoms with Gasteiger partial charge >= 0.3 is 0 Å². The molecule has 3 aliphatic carbocycles. The van der Waals surface area contributed by atoms with Gasteiger partial charge in [0.15, 0.2) is 5.78 Å². The summed E-state index contributed by atoms with van der Waals surface area (Å²) in [5.41, 5.74) is 1.04. The normalized spacial score (nSPS) is 38.2. The zero-order chi connectivity index (χ0) is 22.3. The van der Waals surface area contributed by atoms with E-state index in [1.165, 1.54) is 0 Å². The average Bonchev–Trinajstić information content (AvgIpc) is 3.10. The Kier molecular flexibility index (Phi) is 6.60. The Morgan fingerprint density at radius 3 is 2.63 bits per heavy atom. The minimum atomic E-state index is -0.926. The van der Waals surface area contributed by atoms with E-state index in [0.717, 1.165) is 37.5 Å². The molecule has 1 saturated carbocycles. The number of fused-ring (bicyclic) bond motifs is 2. The fourth-order valence-corrected chi connectivity index (χ4v) is 6.33. The van der Waals surface area contributed by atoms with Crippen molar-refractivity contribution in [1.29, 1.82) is 0 Å². The molecule has 0 aliphatic heterocycles. The first-order chi connectivity index (χ1) is 14.0. The van der Waals surface area contributed by atoms with Crippen LogP contribution in [0.2, 0.25) is 0 Å². The largest absolute Gasteiger partial charge is 0.387 e. The van der Waals surface area contributed by atoms with Gasteiger partial charge in [0.25, 0.3) is 0 Å². The predicted octanol–water partition coefficient (Wildman–Crippen LogP) is 4.68. The molecule has 7 atom stereocenters. The van der Waals surface area contributed by atoms with E-state index < -0.39 is 5.60 Å². The van der Waals surface area contributed by atoms with E-state index in [1.807, 2.05) is 13.0 Å². The first kappa shape index (κ1) is 23.1. The lowest BCUT2D eigenvalue weighted by molar-refractivity contribution is -0.119. The topological polar surface area (TPSA) is 63.6 Å². The van der Waals surface area contributed by atoms with Gasteiger partial charge in [0.05, 0.1) is 11.5 Å². The lowest BCUT2D eigenvalue weighted by atomic mass is 9.63. The van der Waals surface area contributed by atoms with Crippen molar-refractivity contribution in [3.05, 3.63) is 35.5 Å². The number of allylic oxidation sites excluding steroid dienone is 5. The summed E-state index contributed by atoms with van der Waals surface area (Å²) >= 11 is 0. The number of ketones is 1. The molecule has 4 heteroatoms. The Morgan fingerprint density at radius 2 is 2.03 bits per heavy atom. The van der Waals surface area contributed by atoms with Crippen LogP contribution in [0.4, 0.5) is 0 Å². The average molecular weight is 415 g/mol. The second-order valence-electron chi connectivity index (χ2n) is 10.7. The number of aldehydes is 1. The number of rotatable bonds is 6. The summed E-state index contributed by atoms with van der Waals surface area (Å²) in [6, 6.07) is 0. The van der Waals surface area contributed by atoms with Crippen molar-refractivity contribution >= 4 is 12.1 Å². The highest BCUT2D eigenvalue weighted by Gasteiger charge is 2.50. The smallest absolute Gasteiger partial charge is 0.163 e. The monoisotopic (exact) mass is 414 g/mol. The van der Waals surface area contributed by atoms with Gasteiger partial charge in [-0.2, -0.15) is 0 Å². The fraction of sp³-hybridized carbons (Fsp3) is 0.692. The van der Waals surface area contributed by atoms with Crippen LogP contribution in [0.3, 0.4) is 0 Å². The molecule has 1 unspecified atom stereocenters. The minimum absolute atomic E-state index is 0.0981. The molecule has 30 heavy (non-hydrogen) atoms. The maximum Gasteiger partial charge on any atom is 0.163 e. The maximum absolute atomic E-state index is 12.6. The molecule has 0 saturated heterocycles. The number of aliphatic hydroxyl groups is 1. The number of methoxy groups -OCH3 is 1. The van der Waals surface area contributed by atoms with Crippen LogP contribution in [0.5, 0.6) is 0 Å². The van der Waals surface area contributed by atoms with Gasteiger partial charge in [-0.05, 0) is 87.2 Å². The quantitative estimate of drug-likeness (QED) is 0.506. The van der Waals surface area contributed by atoms with Crippen LogP contribution in [-0.2, 0) is 14.3 Å². The fourth-order valence-electron chi connectivity index (χ4n) is 6.33. The van der Waals surface area contributed by atoms with Gasteiger partial charge in [-0.25, -0.2) is 0 Å². The highest BCUT2D eigenvalue weighted by atomic mass is 16.5. The molecule has 4 nitrogen and oxygen atoms in total. The third kappa shape index (κ3) is 4.27. The third-order valence-electron chi connectivity index (χ3n) is 8.13. The number of hydrogen-bond acceptors (Lipinski definition) is 4. The van der Waals surface area contributed by atoms with Crippen LogP contribution in [0.15, 0.2) is 35.5 Å². The van der Waals surface area contributed by atoms with Crippen molar-refractivity contribution in [2.45, 2.75) is 72.0 Å². The van der Waals surface area contributed by atoms with Crippen molar-refractivity contribution in [3.63, 3.8) is 0 Å². The van der Waals surface area contributed by atoms with Crippen molar-refractivity contribution < 1.29 is 19.4 Å². The van der Waals surface area contributed by atoms with Gasteiger partial charge in [-0.15, -0.1) is 0 Å². The van der Waals surface area contributed by atoms with Crippen LogP contribution in [-0.4, -0.2) is 36.0 Å². The lowest BCUT2D eigenvalue weighted by Crippen LogP contribution is -2.36. The summed E-state index contributed by atoms with van der Waals surface area (Å²) in [5, 5.41) is 10.3. The number of ether oxygens (including phenoxy) is 1. The Morgan fingerprint density at radius 1 is 1.33 bits per heavy atom. The molecule has 3 aliphatic rings. The zero-order valence-electron chi connectivity index (χ0n) is 19.4. The summed E-state index contributed by atoms with van der Waals surface area (Å²) in [4.78, 5) is 24.4. The van der Waals surface area contributed by atoms with E-state index in [0.29, 0.717) is 23.3 Å². The summed E-state index contributed by atoms with van der Waals surface area (Å²) in [7, 11) is 1.62. The minimum Gasteiger partial charge on any atom is -0.387 e. The third-order valence-corrected chi connectivity index (χ3v) is 8.13. The molecule has 0 spiro atoms. The molecular formula is C26H38O4. The van der Waals surface area contributed by atoms with Crippen molar-refractivity contribution in [2.24, 2.45) is 35.0 Å². The van der Waals surface area contributed by atoms with E-state index >= 15 is 0 Å². The Balaban J connectivity index is 1.86. The van der Waals surface area contributed by atoms with Crippen LogP contribution in [0.1, 0.15) is 60.3 Å². The Labute approximate surface area is 181 Å². The lowest BCUT2D eigenvalue weighted by Gasteiger charge is -2.40. The molecule has 0 aromatic rings. The van der Waals surface area contributed by atoms with Gasteiger partial charge in [0, 0.05) is 7.11 Å². The van der Waals surface area contributed by atoms with Crippen molar-refractivity contribution in [1.82, 2.24) is 0 Å². The van der Waals surface area contributed by atoms with E-state index in [9.17, 15) is 14.7 Å². The highest BCUT2D eigenvalue weighted by Crippen LogP contribution is 2.58. The van der Waals surface area contributed by atoms with Crippen LogP contribution < -0.4 is 0 Å². The van der Waals surface area contributed by atoms with E-state index in [4.69, 9.17) is 4.74 Å². The molecule has 0 bridgehead atoms. The molecule has 0 aromatic heterocycles. The molecular weight excluding hydrogens is 376 g/mol. The molecule has 0 amide bonds. The standard InChI is InChI=1S/C26H38O4/c1-16(7-10-23(30-6)25(3,4)29)19-11-12-26(5)14-20-17(2)13-22(28)24(20)18(15-27)8-9-21(19)26/h7-8,10,13,15-16,19-21,23-24,29H,9,11-12,14H2,1-6H3/b10-7?,18-8-/t16-,19+,20+,21-,23?,24-,26+/m0/s1. The van der Waals surface area contributed by atoms with Crippen molar-refractivity contribution in [2.75, 3.05) is 7.11 Å². The second-order valence-corrected chi connectivity index (χ2v) is 10.7. The Bertz CT molecular complexity index is 768. The van der Waals surface area contributed by atoms with Crippen LogP contribution >= 0.6 is 0 Å². The van der Waals surface area contributed by atoms with Gasteiger partial charge in [0.2, 0.25) is 0 Å². The molecule has 3 rings (SSSR count). The van der Waals surface area contributed by atoms with Gasteiger partial charge in [-0.3, -0.25) is 9.59 Å². The number of carbonyl (C=O) groups excluding carboxylic acids is 2. The maximum atomic E-state index is 12.6. The molecule has 0 heterocycles. The molecule has 166 valence electrons.